The lowest BCUT2D eigenvalue weighted by Crippen LogP contribution is -2.15. The molecule has 2 aromatic rings. The molecular weight excluding hydrogens is 384 g/mol. The van der Waals surface area contributed by atoms with Gasteiger partial charge in [0.1, 0.15) is 0 Å². The van der Waals surface area contributed by atoms with Gasteiger partial charge >= 0.3 is 0 Å². The first-order chi connectivity index (χ1) is 15.0. The van der Waals surface area contributed by atoms with Gasteiger partial charge in [-0.1, -0.05) is 106 Å². The molecule has 2 aliphatic carbocycles. The van der Waals surface area contributed by atoms with E-state index in [-0.39, 0.29) is 0 Å². The van der Waals surface area contributed by atoms with E-state index in [4.69, 9.17) is 0 Å². The summed E-state index contributed by atoms with van der Waals surface area (Å²) in [6.45, 7) is 26.6. The summed E-state index contributed by atoms with van der Waals surface area (Å²) < 4.78 is 0. The maximum Gasteiger partial charge on any atom is -0.0107 e. The van der Waals surface area contributed by atoms with Gasteiger partial charge in [-0.3, -0.25) is 0 Å². The molecule has 0 N–H and O–H groups in total. The highest BCUT2D eigenvalue weighted by molar-refractivity contribution is 5.42. The summed E-state index contributed by atoms with van der Waals surface area (Å²) in [5.74, 6) is 1.52. The van der Waals surface area contributed by atoms with E-state index in [0.717, 1.165) is 11.8 Å². The van der Waals surface area contributed by atoms with Crippen LogP contribution in [0.25, 0.3) is 0 Å². The van der Waals surface area contributed by atoms with Crippen LogP contribution in [-0.2, 0) is 12.8 Å². The van der Waals surface area contributed by atoms with Crippen molar-refractivity contribution in [2.24, 2.45) is 10.8 Å². The zero-order valence-corrected chi connectivity index (χ0v) is 23.4. The van der Waals surface area contributed by atoms with Gasteiger partial charge in [0.2, 0.25) is 0 Å². The fourth-order valence-corrected chi connectivity index (χ4v) is 5.47. The Kier molecular flexibility index (Phi) is 10.7. The summed E-state index contributed by atoms with van der Waals surface area (Å²) in [6, 6.07) is 13.5. The van der Waals surface area contributed by atoms with Gasteiger partial charge in [0.25, 0.3) is 0 Å². The van der Waals surface area contributed by atoms with Crippen LogP contribution in [-0.4, -0.2) is 0 Å². The van der Waals surface area contributed by atoms with E-state index in [1.165, 1.54) is 36.8 Å². The highest BCUT2D eigenvalue weighted by Gasteiger charge is 2.33. The van der Waals surface area contributed by atoms with Gasteiger partial charge in [0.15, 0.2) is 0 Å². The van der Waals surface area contributed by atoms with Gasteiger partial charge in [-0.15, -0.1) is 0 Å². The number of fused-ring (bicyclic) bond motifs is 2. The van der Waals surface area contributed by atoms with Gasteiger partial charge < -0.3 is 0 Å². The van der Waals surface area contributed by atoms with Gasteiger partial charge in [0.05, 0.1) is 0 Å². The predicted molar refractivity (Wildman–Crippen MR) is 146 cm³/mol. The lowest BCUT2D eigenvalue weighted by Gasteiger charge is -2.27. The third-order valence-corrected chi connectivity index (χ3v) is 7.10. The van der Waals surface area contributed by atoms with Crippen LogP contribution in [0, 0.1) is 24.7 Å². The second-order valence-electron chi connectivity index (χ2n) is 11.2. The molecular formula is C32H52. The summed E-state index contributed by atoms with van der Waals surface area (Å²) >= 11 is 0. The maximum absolute atomic E-state index is 2.36. The average molecular weight is 437 g/mol. The van der Waals surface area contributed by atoms with Crippen molar-refractivity contribution in [1.29, 1.82) is 0 Å². The summed E-state index contributed by atoms with van der Waals surface area (Å²) in [5.41, 5.74) is 10.2. The van der Waals surface area contributed by atoms with E-state index in [9.17, 15) is 0 Å². The van der Waals surface area contributed by atoms with E-state index < -0.39 is 0 Å². The number of hydrogen-bond acceptors (Lipinski definition) is 0. The van der Waals surface area contributed by atoms with Crippen LogP contribution in [0.3, 0.4) is 0 Å². The molecule has 4 rings (SSSR count). The molecule has 0 heteroatoms. The second kappa shape index (κ2) is 12.1. The third-order valence-electron chi connectivity index (χ3n) is 7.10. The zero-order valence-electron chi connectivity index (χ0n) is 23.4. The Morgan fingerprint density at radius 1 is 0.562 bits per heavy atom. The van der Waals surface area contributed by atoms with Crippen molar-refractivity contribution in [1.82, 2.24) is 0 Å². The summed E-state index contributed by atoms with van der Waals surface area (Å²) in [4.78, 5) is 0. The fourth-order valence-electron chi connectivity index (χ4n) is 5.47. The van der Waals surface area contributed by atoms with Crippen LogP contribution >= 0.6 is 0 Å². The third kappa shape index (κ3) is 6.72. The Morgan fingerprint density at radius 3 is 1.16 bits per heavy atom. The van der Waals surface area contributed by atoms with Crippen molar-refractivity contribution in [2.75, 3.05) is 0 Å². The largest absolute Gasteiger partial charge is 0.0683 e. The highest BCUT2D eigenvalue weighted by atomic mass is 14.4. The fraction of sp³-hybridized carbons (Fsp3) is 0.625. The number of aryl methyl sites for hydroxylation is 2. The Bertz CT molecular complexity index is 755. The van der Waals surface area contributed by atoms with Gasteiger partial charge in [-0.2, -0.15) is 0 Å². The molecule has 0 bridgehead atoms. The Hall–Kier alpha value is -1.56. The molecule has 2 atom stereocenters. The molecule has 0 saturated carbocycles. The van der Waals surface area contributed by atoms with Crippen LogP contribution in [0.4, 0.5) is 0 Å². The Morgan fingerprint density at radius 2 is 0.875 bits per heavy atom. The second-order valence-corrected chi connectivity index (χ2v) is 11.2. The zero-order chi connectivity index (χ0) is 24.7. The molecule has 0 aromatic heterocycles. The standard InChI is InChI=1S/2C14H20.2C2H6/c2*1-10-6-5-7-12-11(10)8-9-13(12)14(2,3)4;2*1-2/h2*5-7,13H,8-9H2,1-4H3;2*1-2H3/t2*13-;;/m10../s1. The number of rotatable bonds is 0. The minimum absolute atomic E-state index is 0.416. The molecule has 180 valence electrons. The van der Waals surface area contributed by atoms with Crippen molar-refractivity contribution in [2.45, 2.75) is 121 Å². The lowest BCUT2D eigenvalue weighted by molar-refractivity contribution is 0.319. The first kappa shape index (κ1) is 28.5. The van der Waals surface area contributed by atoms with Crippen LogP contribution < -0.4 is 0 Å². The van der Waals surface area contributed by atoms with E-state index in [1.54, 1.807) is 22.3 Å². The molecule has 32 heavy (non-hydrogen) atoms. The topological polar surface area (TPSA) is 0 Å². The quantitative estimate of drug-likeness (QED) is 0.385. The first-order valence-electron chi connectivity index (χ1n) is 13.2. The van der Waals surface area contributed by atoms with Crippen molar-refractivity contribution >= 4 is 0 Å². The molecule has 2 aromatic carbocycles. The van der Waals surface area contributed by atoms with Crippen molar-refractivity contribution < 1.29 is 0 Å². The van der Waals surface area contributed by atoms with Crippen molar-refractivity contribution in [3.8, 4) is 0 Å². The van der Waals surface area contributed by atoms with Crippen LogP contribution in [0.15, 0.2) is 36.4 Å². The van der Waals surface area contributed by atoms with Crippen LogP contribution in [0.2, 0.25) is 0 Å². The van der Waals surface area contributed by atoms with Gasteiger partial charge in [-0.05, 0) is 95.6 Å². The molecule has 0 nitrogen and oxygen atoms in total. The molecule has 0 fully saturated rings. The summed E-state index contributed by atoms with van der Waals surface area (Å²) in [5, 5.41) is 0. The number of hydrogen-bond donors (Lipinski definition) is 0. The highest BCUT2D eigenvalue weighted by Crippen LogP contribution is 2.46. The molecule has 0 saturated heterocycles. The maximum atomic E-state index is 2.36. The Labute approximate surface area is 201 Å². The summed E-state index contributed by atoms with van der Waals surface area (Å²) in [6.07, 6.45) is 5.24. The monoisotopic (exact) mass is 436 g/mol. The van der Waals surface area contributed by atoms with E-state index >= 15 is 0 Å². The van der Waals surface area contributed by atoms with E-state index in [2.05, 4.69) is 91.8 Å². The average Bonchev–Trinajstić information content (AvgIpc) is 3.37. The SMILES string of the molecule is CC.CC.Cc1cccc2c1CC[C@@H]2C(C)(C)C.Cc1cccc2c1CC[C@H]2C(C)(C)C. The van der Waals surface area contributed by atoms with Gasteiger partial charge in [0, 0.05) is 0 Å². The summed E-state index contributed by atoms with van der Waals surface area (Å²) in [7, 11) is 0. The van der Waals surface area contributed by atoms with Crippen LogP contribution in [0.5, 0.6) is 0 Å². The molecule has 0 radical (unpaired) electrons. The van der Waals surface area contributed by atoms with E-state index in [1.807, 2.05) is 27.7 Å². The minimum Gasteiger partial charge on any atom is -0.0683 e. The molecule has 0 aliphatic heterocycles. The minimum atomic E-state index is 0.416. The predicted octanol–water partition coefficient (Wildman–Crippen LogP) is 10.2. The van der Waals surface area contributed by atoms with E-state index in [0.29, 0.717) is 10.8 Å². The Balaban J connectivity index is 0.000000277. The molecule has 2 aliphatic rings. The van der Waals surface area contributed by atoms with Gasteiger partial charge in [-0.25, -0.2) is 0 Å². The van der Waals surface area contributed by atoms with Crippen molar-refractivity contribution in [3.63, 3.8) is 0 Å². The molecule has 0 unspecified atom stereocenters. The number of benzene rings is 2. The smallest absolute Gasteiger partial charge is 0.0107 e. The first-order valence-corrected chi connectivity index (χ1v) is 13.2. The normalized spacial score (nSPS) is 18.8. The molecule has 0 amide bonds. The van der Waals surface area contributed by atoms with Crippen LogP contribution in [0.1, 0.15) is 127 Å². The van der Waals surface area contributed by atoms with Crippen molar-refractivity contribution in [3.05, 3.63) is 69.8 Å². The molecule has 0 heterocycles. The molecule has 0 spiro atoms. The lowest BCUT2D eigenvalue weighted by atomic mass is 9.77.